The van der Waals surface area contributed by atoms with Crippen molar-refractivity contribution in [1.29, 1.82) is 0 Å². The number of nitrogens with one attached hydrogen (secondary N) is 2. The third kappa shape index (κ3) is 2.83. The van der Waals surface area contributed by atoms with Crippen LogP contribution in [0.3, 0.4) is 0 Å². The van der Waals surface area contributed by atoms with Gasteiger partial charge in [-0.1, -0.05) is 0 Å². The number of benzene rings is 2. The van der Waals surface area contributed by atoms with Crippen LogP contribution in [0.25, 0.3) is 0 Å². The second-order valence-corrected chi connectivity index (χ2v) is 4.72. The number of halogens is 3. The van der Waals surface area contributed by atoms with Gasteiger partial charge in [-0.05, 0) is 30.3 Å². The quantitative estimate of drug-likeness (QED) is 0.836. The third-order valence-electron chi connectivity index (χ3n) is 3.16. The van der Waals surface area contributed by atoms with E-state index in [1.54, 1.807) is 0 Å². The molecule has 0 saturated carbocycles. The topological polar surface area (TPSA) is 67.4 Å². The molecule has 0 spiro atoms. The Balaban J connectivity index is 1.86. The number of carbonyl (C=O) groups excluding carboxylic acids is 2. The minimum absolute atomic E-state index is 0.0821. The second kappa shape index (κ2) is 5.64. The van der Waals surface area contributed by atoms with Crippen molar-refractivity contribution in [3.63, 3.8) is 0 Å². The molecule has 1 heterocycles. The van der Waals surface area contributed by atoms with Crippen molar-refractivity contribution >= 4 is 23.2 Å². The molecule has 2 aromatic carbocycles. The van der Waals surface area contributed by atoms with Crippen LogP contribution >= 0.6 is 0 Å². The summed E-state index contributed by atoms with van der Waals surface area (Å²) < 4.78 is 44.7. The number of amides is 2. The van der Waals surface area contributed by atoms with Gasteiger partial charge in [0.25, 0.3) is 11.8 Å². The van der Waals surface area contributed by atoms with E-state index in [0.29, 0.717) is 17.5 Å². The average molecular weight is 322 g/mol. The van der Waals surface area contributed by atoms with E-state index in [1.807, 2.05) is 0 Å². The Morgan fingerprint density at radius 2 is 1.91 bits per heavy atom. The molecule has 0 fully saturated rings. The molecule has 0 unspecified atom stereocenters. The maximum Gasteiger partial charge on any atom is 0.262 e. The summed E-state index contributed by atoms with van der Waals surface area (Å²) >= 11 is 0. The van der Waals surface area contributed by atoms with Gasteiger partial charge in [-0.3, -0.25) is 9.59 Å². The van der Waals surface area contributed by atoms with E-state index in [-0.39, 0.29) is 18.1 Å². The summed E-state index contributed by atoms with van der Waals surface area (Å²) in [5, 5.41) is 4.66. The van der Waals surface area contributed by atoms with Crippen LogP contribution in [0.5, 0.6) is 5.75 Å². The van der Waals surface area contributed by atoms with Crippen LogP contribution in [0.4, 0.5) is 24.5 Å². The highest BCUT2D eigenvalue weighted by molar-refractivity contribution is 6.06. The lowest BCUT2D eigenvalue weighted by Gasteiger charge is -2.18. The summed E-state index contributed by atoms with van der Waals surface area (Å²) in [5.74, 6) is -5.25. The van der Waals surface area contributed by atoms with Crippen LogP contribution in [-0.2, 0) is 4.79 Å². The van der Waals surface area contributed by atoms with Gasteiger partial charge in [0.15, 0.2) is 24.1 Å². The van der Waals surface area contributed by atoms with Gasteiger partial charge in [-0.2, -0.15) is 0 Å². The Labute approximate surface area is 128 Å². The molecule has 5 nitrogen and oxygen atoms in total. The Bertz CT molecular complexity index is 824. The fraction of sp³-hybridized carbons (Fsp3) is 0.0667. The van der Waals surface area contributed by atoms with Gasteiger partial charge in [0, 0.05) is 5.56 Å². The van der Waals surface area contributed by atoms with Crippen molar-refractivity contribution in [3.8, 4) is 5.75 Å². The largest absolute Gasteiger partial charge is 0.482 e. The van der Waals surface area contributed by atoms with Gasteiger partial charge in [0.1, 0.15) is 5.75 Å². The molecule has 0 saturated heterocycles. The maximum absolute atomic E-state index is 13.6. The number of rotatable bonds is 2. The van der Waals surface area contributed by atoms with Crippen LogP contribution < -0.4 is 15.4 Å². The second-order valence-electron chi connectivity index (χ2n) is 4.72. The normalized spacial score (nSPS) is 12.9. The predicted octanol–water partition coefficient (Wildman–Crippen LogP) is 2.69. The van der Waals surface area contributed by atoms with E-state index in [0.717, 1.165) is 6.07 Å². The van der Waals surface area contributed by atoms with Crippen molar-refractivity contribution in [2.45, 2.75) is 0 Å². The fourth-order valence-corrected chi connectivity index (χ4v) is 2.04. The molecule has 1 aliphatic heterocycles. The Kier molecular flexibility index (Phi) is 3.65. The first-order chi connectivity index (χ1) is 11.0. The highest BCUT2D eigenvalue weighted by Gasteiger charge is 2.19. The Hall–Kier alpha value is -3.03. The van der Waals surface area contributed by atoms with Gasteiger partial charge in [-0.25, -0.2) is 13.2 Å². The molecule has 2 N–H and O–H groups in total. The predicted molar refractivity (Wildman–Crippen MR) is 74.8 cm³/mol. The smallest absolute Gasteiger partial charge is 0.262 e. The highest BCUT2D eigenvalue weighted by Crippen LogP contribution is 2.29. The van der Waals surface area contributed by atoms with Gasteiger partial charge in [0.2, 0.25) is 0 Å². The number of hydrogen-bond donors (Lipinski definition) is 2. The van der Waals surface area contributed by atoms with E-state index >= 15 is 0 Å². The number of fused-ring (bicyclic) bond motifs is 1. The summed E-state index contributed by atoms with van der Waals surface area (Å²) in [5.41, 5.74) is -0.120. The van der Waals surface area contributed by atoms with Crippen LogP contribution in [0.15, 0.2) is 30.3 Å². The summed E-state index contributed by atoms with van der Waals surface area (Å²) in [6, 6.07) is 5.80. The SMILES string of the molecule is O=C1COc2ccc(C(=O)Nc3ccc(F)c(F)c3F)cc2N1. The lowest BCUT2D eigenvalue weighted by atomic mass is 10.1. The molecule has 2 amide bonds. The lowest BCUT2D eigenvalue weighted by Crippen LogP contribution is -2.25. The molecule has 0 radical (unpaired) electrons. The molecular formula is C15H9F3N2O3. The molecule has 0 aromatic heterocycles. The van der Waals surface area contributed by atoms with Crippen molar-refractivity contribution in [3.05, 3.63) is 53.3 Å². The van der Waals surface area contributed by atoms with Crippen LogP contribution in [-0.4, -0.2) is 18.4 Å². The van der Waals surface area contributed by atoms with Gasteiger partial charge in [-0.15, -0.1) is 0 Å². The van der Waals surface area contributed by atoms with Gasteiger partial charge < -0.3 is 15.4 Å². The van der Waals surface area contributed by atoms with E-state index in [2.05, 4.69) is 10.6 Å². The molecular weight excluding hydrogens is 313 g/mol. The highest BCUT2D eigenvalue weighted by atomic mass is 19.2. The molecule has 0 atom stereocenters. The van der Waals surface area contributed by atoms with Gasteiger partial charge >= 0.3 is 0 Å². The van der Waals surface area contributed by atoms with Crippen LogP contribution in [0.2, 0.25) is 0 Å². The maximum atomic E-state index is 13.6. The van der Waals surface area contributed by atoms with Crippen LogP contribution in [0.1, 0.15) is 10.4 Å². The standard InChI is InChI=1S/C15H9F3N2O3/c16-8-2-3-9(14(18)13(8)17)20-15(22)7-1-4-11-10(5-7)19-12(21)6-23-11/h1-5H,6H2,(H,19,21)(H,20,22). The zero-order valence-corrected chi connectivity index (χ0v) is 11.5. The first-order valence-corrected chi connectivity index (χ1v) is 6.47. The monoisotopic (exact) mass is 322 g/mol. The summed E-state index contributed by atoms with van der Waals surface area (Å²) in [6.45, 7) is -0.126. The molecule has 1 aliphatic rings. The number of hydrogen-bond acceptors (Lipinski definition) is 3. The molecule has 0 bridgehead atoms. The Morgan fingerprint density at radius 1 is 1.13 bits per heavy atom. The molecule has 118 valence electrons. The van der Waals surface area contributed by atoms with E-state index in [9.17, 15) is 22.8 Å². The summed E-state index contributed by atoms with van der Waals surface area (Å²) in [6.07, 6.45) is 0. The van der Waals surface area contributed by atoms with Crippen LogP contribution in [0, 0.1) is 17.5 Å². The molecule has 2 aromatic rings. The third-order valence-corrected chi connectivity index (χ3v) is 3.16. The van der Waals surface area contributed by atoms with Crippen molar-refractivity contribution < 1.29 is 27.5 Å². The fourth-order valence-electron chi connectivity index (χ4n) is 2.04. The first-order valence-electron chi connectivity index (χ1n) is 6.47. The average Bonchev–Trinajstić information content (AvgIpc) is 2.54. The van der Waals surface area contributed by atoms with Crippen molar-refractivity contribution in [2.24, 2.45) is 0 Å². The lowest BCUT2D eigenvalue weighted by molar-refractivity contribution is -0.118. The zero-order valence-electron chi connectivity index (χ0n) is 11.5. The molecule has 8 heteroatoms. The minimum Gasteiger partial charge on any atom is -0.482 e. The van der Waals surface area contributed by atoms with E-state index < -0.39 is 29.0 Å². The van der Waals surface area contributed by atoms with E-state index in [1.165, 1.54) is 18.2 Å². The first kappa shape index (κ1) is 14.9. The molecule has 23 heavy (non-hydrogen) atoms. The zero-order chi connectivity index (χ0) is 16.6. The van der Waals surface area contributed by atoms with Crippen molar-refractivity contribution in [1.82, 2.24) is 0 Å². The summed E-state index contributed by atoms with van der Waals surface area (Å²) in [4.78, 5) is 23.3. The molecule has 0 aliphatic carbocycles. The number of carbonyl (C=O) groups is 2. The minimum atomic E-state index is -1.67. The molecule has 3 rings (SSSR count). The van der Waals surface area contributed by atoms with Gasteiger partial charge in [0.05, 0.1) is 11.4 Å². The Morgan fingerprint density at radius 3 is 2.70 bits per heavy atom. The van der Waals surface area contributed by atoms with E-state index in [4.69, 9.17) is 4.74 Å². The summed E-state index contributed by atoms with van der Waals surface area (Å²) in [7, 11) is 0. The number of ether oxygens (including phenoxy) is 1. The van der Waals surface area contributed by atoms with Crippen molar-refractivity contribution in [2.75, 3.05) is 17.2 Å². The number of anilines is 2.